The van der Waals surface area contributed by atoms with Crippen molar-refractivity contribution in [2.45, 2.75) is 155 Å². The zero-order valence-corrected chi connectivity index (χ0v) is 34.8. The van der Waals surface area contributed by atoms with Gasteiger partial charge in [0.15, 0.2) is 0 Å². The van der Waals surface area contributed by atoms with Gasteiger partial charge in [-0.3, -0.25) is 9.59 Å². The van der Waals surface area contributed by atoms with Crippen LogP contribution in [0.15, 0.2) is 0 Å². The Kier molecular flexibility index (Phi) is 20.2. The van der Waals surface area contributed by atoms with Gasteiger partial charge in [-0.2, -0.15) is 0 Å². The first kappa shape index (κ1) is 50.1. The molecule has 0 spiro atoms. The number of hydrogen-bond donors (Lipinski definition) is 6. The van der Waals surface area contributed by atoms with E-state index < -0.39 is 94.4 Å². The second-order valence-electron chi connectivity index (χ2n) is 16.0. The van der Waals surface area contributed by atoms with Gasteiger partial charge in [-0.1, -0.05) is 21.6 Å². The first-order chi connectivity index (χ1) is 24.4. The van der Waals surface area contributed by atoms with Crippen LogP contribution in [-0.2, 0) is 47.7 Å². The van der Waals surface area contributed by atoms with Crippen molar-refractivity contribution < 1.29 is 67.5 Å². The fourth-order valence-electron chi connectivity index (χ4n) is 3.81. The minimum Gasteiger partial charge on any atom is -0.480 e. The number of nitrogens with one attached hydrogen (secondary N) is 4. The van der Waals surface area contributed by atoms with E-state index in [4.69, 9.17) is 18.9 Å². The van der Waals surface area contributed by atoms with Crippen LogP contribution in [0, 0.1) is 0 Å². The van der Waals surface area contributed by atoms with Crippen molar-refractivity contribution >= 4 is 69.5 Å². The quantitative estimate of drug-likeness (QED) is 0.0472. The van der Waals surface area contributed by atoms with E-state index in [1.165, 1.54) is 0 Å². The average Bonchev–Trinajstić information content (AvgIpc) is 2.94. The second kappa shape index (κ2) is 21.8. The molecule has 0 aliphatic heterocycles. The molecule has 310 valence electrons. The molecule has 20 heteroatoms. The lowest BCUT2D eigenvalue weighted by Gasteiger charge is -2.26. The Balaban J connectivity index is 5.27. The summed E-state index contributed by atoms with van der Waals surface area (Å²) in [6, 6.07) is -5.36. The van der Waals surface area contributed by atoms with E-state index in [2.05, 4.69) is 21.3 Å². The number of carboxylic acids is 2. The summed E-state index contributed by atoms with van der Waals surface area (Å²) in [5.41, 5.74) is -3.53. The molecule has 4 amide bonds. The van der Waals surface area contributed by atoms with Crippen LogP contribution in [0.4, 0.5) is 9.59 Å². The van der Waals surface area contributed by atoms with E-state index in [9.17, 15) is 48.6 Å². The van der Waals surface area contributed by atoms with Gasteiger partial charge in [0.1, 0.15) is 46.6 Å². The Labute approximate surface area is 324 Å². The highest BCUT2D eigenvalue weighted by Gasteiger charge is 2.32. The van der Waals surface area contributed by atoms with Crippen LogP contribution in [0.2, 0.25) is 0 Å². The summed E-state index contributed by atoms with van der Waals surface area (Å²) >= 11 is 0. The molecule has 0 rings (SSSR count). The third-order valence-corrected chi connectivity index (χ3v) is 8.33. The van der Waals surface area contributed by atoms with Crippen LogP contribution in [0.1, 0.15) is 109 Å². The van der Waals surface area contributed by atoms with Crippen LogP contribution in [0.5, 0.6) is 0 Å². The van der Waals surface area contributed by atoms with E-state index >= 15 is 0 Å². The number of ether oxygens (including phenoxy) is 4. The van der Waals surface area contributed by atoms with Crippen LogP contribution >= 0.6 is 21.6 Å². The van der Waals surface area contributed by atoms with E-state index in [0.717, 1.165) is 21.6 Å². The van der Waals surface area contributed by atoms with Gasteiger partial charge in [0, 0.05) is 24.3 Å². The van der Waals surface area contributed by atoms with Gasteiger partial charge >= 0.3 is 36.1 Å². The Morgan fingerprint density at radius 2 is 0.741 bits per heavy atom. The molecule has 0 heterocycles. The Morgan fingerprint density at radius 1 is 0.463 bits per heavy atom. The van der Waals surface area contributed by atoms with Crippen molar-refractivity contribution in [2.75, 3.05) is 11.5 Å². The standard InChI is InChI=1S/C34H58N4O14S2/c1-31(2,3)49-27(45)19(37-29(47)51-33(7,8)9)13-15-23(39)35-21(25(41)42)17-53-54-18-22(26(43)44)36-24(40)16-14-20(28(46)50-32(4,5)6)38-30(48)52-34(10,11)12/h19-22H,13-18H2,1-12H3,(H,35,39)(H,36,40)(H,37,47)(H,38,48)(H,41,42)(H,43,44)/t19-,20-,21-,22-/m0/s1. The fourth-order valence-corrected chi connectivity index (χ4v) is 6.12. The molecule has 54 heavy (non-hydrogen) atoms. The van der Waals surface area contributed by atoms with Crippen molar-refractivity contribution in [3.63, 3.8) is 0 Å². The highest BCUT2D eigenvalue weighted by Crippen LogP contribution is 2.24. The van der Waals surface area contributed by atoms with Gasteiger partial charge in [0.05, 0.1) is 0 Å². The first-order valence-electron chi connectivity index (χ1n) is 17.1. The number of carbonyl (C=O) groups is 8. The number of rotatable bonds is 19. The van der Waals surface area contributed by atoms with Gasteiger partial charge in [0.25, 0.3) is 0 Å². The first-order valence-corrected chi connectivity index (χ1v) is 19.6. The normalized spacial score (nSPS) is 14.2. The maximum atomic E-state index is 12.7. The smallest absolute Gasteiger partial charge is 0.408 e. The zero-order chi connectivity index (χ0) is 42.2. The largest absolute Gasteiger partial charge is 0.480 e. The van der Waals surface area contributed by atoms with Crippen molar-refractivity contribution in [3.05, 3.63) is 0 Å². The van der Waals surface area contributed by atoms with Crippen LogP contribution < -0.4 is 21.3 Å². The van der Waals surface area contributed by atoms with Gasteiger partial charge in [0.2, 0.25) is 11.8 Å². The predicted octanol–water partition coefficient (Wildman–Crippen LogP) is 3.54. The molecule has 0 saturated carbocycles. The van der Waals surface area contributed by atoms with E-state index in [-0.39, 0.29) is 37.2 Å². The lowest BCUT2D eigenvalue weighted by molar-refractivity contribution is -0.158. The SMILES string of the molecule is CC(C)(C)OC(=O)N[C@@H](CCC(=O)N[C@@H](CSSC[C@H](NC(=O)CC[C@H](NC(=O)OC(C)(C)C)C(=O)OC(C)(C)C)C(=O)O)C(=O)O)C(=O)OC(C)(C)C. The molecule has 0 fully saturated rings. The minimum absolute atomic E-state index is 0.203. The maximum Gasteiger partial charge on any atom is 0.408 e. The molecule has 0 aromatic rings. The van der Waals surface area contributed by atoms with Crippen molar-refractivity contribution in [2.24, 2.45) is 0 Å². The summed E-state index contributed by atoms with van der Waals surface area (Å²) in [5, 5.41) is 28.8. The van der Waals surface area contributed by atoms with Crippen LogP contribution in [-0.4, -0.2) is 116 Å². The van der Waals surface area contributed by atoms with Gasteiger partial charge in [-0.25, -0.2) is 28.8 Å². The average molecular weight is 811 g/mol. The molecule has 0 saturated heterocycles. The Hall–Kier alpha value is -3.94. The van der Waals surface area contributed by atoms with Crippen molar-refractivity contribution in [1.29, 1.82) is 0 Å². The number of amides is 4. The van der Waals surface area contributed by atoms with Gasteiger partial charge < -0.3 is 50.4 Å². The molecule has 6 N–H and O–H groups in total. The summed E-state index contributed by atoms with van der Waals surface area (Å²) < 4.78 is 21.1. The fraction of sp³-hybridized carbons (Fsp3) is 0.765. The molecule has 0 aliphatic carbocycles. The zero-order valence-electron chi connectivity index (χ0n) is 33.2. The van der Waals surface area contributed by atoms with Crippen LogP contribution in [0.3, 0.4) is 0 Å². The summed E-state index contributed by atoms with van der Waals surface area (Å²) in [6.07, 6.45) is -3.01. The molecule has 0 aromatic carbocycles. The lowest BCUT2D eigenvalue weighted by Crippen LogP contribution is -2.47. The number of esters is 2. The van der Waals surface area contributed by atoms with E-state index in [1.54, 1.807) is 83.1 Å². The molecule has 0 unspecified atom stereocenters. The molecular weight excluding hydrogens is 753 g/mol. The third kappa shape index (κ3) is 25.1. The molecule has 0 aliphatic rings. The topological polar surface area (TPSA) is 262 Å². The highest BCUT2D eigenvalue weighted by molar-refractivity contribution is 8.76. The molecule has 4 atom stereocenters. The summed E-state index contributed by atoms with van der Waals surface area (Å²) in [4.78, 5) is 99.3. The predicted molar refractivity (Wildman–Crippen MR) is 201 cm³/mol. The Morgan fingerprint density at radius 3 is 0.981 bits per heavy atom. The molecule has 0 aromatic heterocycles. The Bertz CT molecular complexity index is 1230. The van der Waals surface area contributed by atoms with E-state index in [1.807, 2.05) is 0 Å². The summed E-state index contributed by atoms with van der Waals surface area (Å²) in [5.74, 6) is -6.28. The highest BCUT2D eigenvalue weighted by atomic mass is 33.1. The van der Waals surface area contributed by atoms with Crippen molar-refractivity contribution in [1.82, 2.24) is 21.3 Å². The van der Waals surface area contributed by atoms with E-state index in [0.29, 0.717) is 0 Å². The van der Waals surface area contributed by atoms with Gasteiger partial charge in [-0.05, 0) is 95.9 Å². The van der Waals surface area contributed by atoms with Crippen LogP contribution in [0.25, 0.3) is 0 Å². The van der Waals surface area contributed by atoms with Gasteiger partial charge in [-0.15, -0.1) is 0 Å². The number of aliphatic carboxylic acids is 2. The number of alkyl carbamates (subject to hydrolysis) is 2. The number of hydrogen-bond acceptors (Lipinski definition) is 14. The summed E-state index contributed by atoms with van der Waals surface area (Å²) in [6.45, 7) is 19.5. The molecule has 0 radical (unpaired) electrons. The summed E-state index contributed by atoms with van der Waals surface area (Å²) in [7, 11) is 1.86. The molecule has 18 nitrogen and oxygen atoms in total. The minimum atomic E-state index is -1.41. The lowest BCUT2D eigenvalue weighted by atomic mass is 10.1. The maximum absolute atomic E-state index is 12.7. The number of carbonyl (C=O) groups excluding carboxylic acids is 6. The molecule has 0 bridgehead atoms. The monoisotopic (exact) mass is 810 g/mol. The second-order valence-corrected chi connectivity index (χ2v) is 18.6. The molecular formula is C34H58N4O14S2. The van der Waals surface area contributed by atoms with Crippen molar-refractivity contribution in [3.8, 4) is 0 Å². The third-order valence-electron chi connectivity index (χ3n) is 5.90. The number of carboxylic acid groups (broad SMARTS) is 2.